The highest BCUT2D eigenvalue weighted by molar-refractivity contribution is 7.25. The van der Waals surface area contributed by atoms with Crippen LogP contribution in [0.15, 0.2) is 158 Å². The predicted octanol–water partition coefficient (Wildman–Crippen LogP) is 13.1. The van der Waals surface area contributed by atoms with Gasteiger partial charge in [-0.25, -0.2) is 9.97 Å². The number of benzene rings is 8. The van der Waals surface area contributed by atoms with Crippen LogP contribution in [0.5, 0.6) is 0 Å². The first-order chi connectivity index (χ1) is 26.3. The molecule has 0 aliphatic rings. The highest BCUT2D eigenvalue weighted by atomic mass is 32.1. The van der Waals surface area contributed by atoms with Crippen molar-refractivity contribution in [1.29, 1.82) is 0 Å². The highest BCUT2D eigenvalue weighted by Crippen LogP contribution is 2.48. The van der Waals surface area contributed by atoms with E-state index in [0.29, 0.717) is 5.95 Å². The van der Waals surface area contributed by atoms with E-state index in [4.69, 9.17) is 9.97 Å². The van der Waals surface area contributed by atoms with Crippen molar-refractivity contribution in [3.05, 3.63) is 158 Å². The Bertz CT molecular complexity index is 3700. The molecule has 0 radical (unpaired) electrons. The lowest BCUT2D eigenvalue weighted by atomic mass is 9.98. The number of rotatable bonds is 2. The van der Waals surface area contributed by atoms with Gasteiger partial charge in [-0.3, -0.25) is 4.57 Å². The third kappa shape index (κ3) is 3.54. The zero-order valence-electron chi connectivity index (χ0n) is 28.2. The van der Waals surface area contributed by atoms with Crippen LogP contribution in [0.25, 0.3) is 119 Å². The summed E-state index contributed by atoms with van der Waals surface area (Å²) in [5.74, 6) is 0.685. The van der Waals surface area contributed by atoms with Crippen LogP contribution in [0, 0.1) is 0 Å². The molecular formula is C48H26N4S. The fourth-order valence-electron chi connectivity index (χ4n) is 9.25. The molecule has 53 heavy (non-hydrogen) atoms. The van der Waals surface area contributed by atoms with Gasteiger partial charge >= 0.3 is 0 Å². The number of nitrogens with zero attached hydrogens (tertiary/aromatic N) is 4. The van der Waals surface area contributed by atoms with Crippen molar-refractivity contribution in [3.8, 4) is 17.2 Å². The second-order valence-electron chi connectivity index (χ2n) is 14.1. The van der Waals surface area contributed by atoms with Crippen molar-refractivity contribution in [2.75, 3.05) is 0 Å². The van der Waals surface area contributed by atoms with Crippen LogP contribution in [0.2, 0.25) is 0 Å². The Kier molecular flexibility index (Phi) is 5.22. The maximum atomic E-state index is 5.59. The maximum absolute atomic E-state index is 5.59. The van der Waals surface area contributed by atoms with E-state index in [1.54, 1.807) is 11.3 Å². The monoisotopic (exact) mass is 690 g/mol. The normalized spacial score (nSPS) is 12.5. The van der Waals surface area contributed by atoms with Gasteiger partial charge in [0.15, 0.2) is 0 Å². The smallest absolute Gasteiger partial charge is 0.236 e. The number of hydrogen-bond acceptors (Lipinski definition) is 3. The Morgan fingerprint density at radius 1 is 0.415 bits per heavy atom. The molecule has 244 valence electrons. The van der Waals surface area contributed by atoms with Crippen LogP contribution in [0.1, 0.15) is 0 Å². The summed E-state index contributed by atoms with van der Waals surface area (Å²) >= 11 is 1.74. The summed E-state index contributed by atoms with van der Waals surface area (Å²) < 4.78 is 6.03. The molecule has 0 unspecified atom stereocenters. The van der Waals surface area contributed by atoms with E-state index < -0.39 is 0 Å². The van der Waals surface area contributed by atoms with Crippen LogP contribution < -0.4 is 0 Å². The maximum Gasteiger partial charge on any atom is 0.236 e. The molecule has 0 spiro atoms. The first-order valence-corrected chi connectivity index (χ1v) is 18.8. The van der Waals surface area contributed by atoms with Gasteiger partial charge in [0, 0.05) is 53.4 Å². The number of thiophene rings is 1. The lowest BCUT2D eigenvalue weighted by Gasteiger charge is -2.11. The van der Waals surface area contributed by atoms with Crippen molar-refractivity contribution >= 4 is 113 Å². The average Bonchev–Trinajstić information content (AvgIpc) is 3.95. The van der Waals surface area contributed by atoms with Crippen LogP contribution >= 0.6 is 11.3 Å². The molecule has 0 saturated carbocycles. The Labute approximate surface area is 305 Å². The van der Waals surface area contributed by atoms with Gasteiger partial charge in [-0.2, -0.15) is 0 Å². The van der Waals surface area contributed by atoms with E-state index in [-0.39, 0.29) is 0 Å². The fraction of sp³-hybridized carbons (Fsp3) is 0. The molecule has 5 aromatic heterocycles. The fourth-order valence-corrected chi connectivity index (χ4v) is 10.3. The zero-order valence-corrected chi connectivity index (χ0v) is 29.0. The molecule has 0 bridgehead atoms. The Hall–Kier alpha value is -6.82. The van der Waals surface area contributed by atoms with Gasteiger partial charge in [0.05, 0.1) is 33.3 Å². The molecule has 5 heterocycles. The molecule has 0 aliphatic carbocycles. The molecule has 0 atom stereocenters. The molecule has 0 amide bonds. The summed E-state index contributed by atoms with van der Waals surface area (Å²) in [6.07, 6.45) is 0. The van der Waals surface area contributed by atoms with Gasteiger partial charge in [-0.05, 0) is 57.9 Å². The van der Waals surface area contributed by atoms with Crippen LogP contribution in [0.3, 0.4) is 0 Å². The van der Waals surface area contributed by atoms with Crippen molar-refractivity contribution in [2.24, 2.45) is 0 Å². The molecule has 13 aromatic rings. The van der Waals surface area contributed by atoms with Crippen molar-refractivity contribution < 1.29 is 0 Å². The SMILES string of the molecule is c1ccc2cc(-c3nc(-n4c5ccccc5c5c6c7c8ccccc8ccc7n7c8ccccc8c(cc54)c67)nc4sc5ccccc5c34)ccc2c1. The molecule has 4 nitrogen and oxygen atoms in total. The van der Waals surface area contributed by atoms with Crippen molar-refractivity contribution in [2.45, 2.75) is 0 Å². The molecular weight excluding hydrogens is 665 g/mol. The third-order valence-electron chi connectivity index (χ3n) is 11.4. The summed E-state index contributed by atoms with van der Waals surface area (Å²) in [5, 5.41) is 14.7. The lowest BCUT2D eigenvalue weighted by Crippen LogP contribution is -2.02. The summed E-state index contributed by atoms with van der Waals surface area (Å²) in [4.78, 5) is 12.0. The lowest BCUT2D eigenvalue weighted by molar-refractivity contribution is 1.02. The molecule has 0 N–H and O–H groups in total. The molecule has 13 rings (SSSR count). The van der Waals surface area contributed by atoms with E-state index in [9.17, 15) is 0 Å². The van der Waals surface area contributed by atoms with Crippen molar-refractivity contribution in [3.63, 3.8) is 0 Å². The van der Waals surface area contributed by atoms with Crippen LogP contribution in [-0.4, -0.2) is 18.9 Å². The molecule has 8 aromatic carbocycles. The largest absolute Gasteiger partial charge is 0.308 e. The minimum atomic E-state index is 0.685. The highest BCUT2D eigenvalue weighted by Gasteiger charge is 2.26. The second-order valence-corrected chi connectivity index (χ2v) is 15.2. The average molecular weight is 691 g/mol. The summed E-state index contributed by atoms with van der Waals surface area (Å²) in [6.45, 7) is 0. The molecule has 0 aliphatic heterocycles. The van der Waals surface area contributed by atoms with E-state index in [1.165, 1.54) is 80.5 Å². The first-order valence-electron chi connectivity index (χ1n) is 18.0. The number of para-hydroxylation sites is 2. The van der Waals surface area contributed by atoms with E-state index in [0.717, 1.165) is 32.5 Å². The predicted molar refractivity (Wildman–Crippen MR) is 224 cm³/mol. The summed E-state index contributed by atoms with van der Waals surface area (Å²) in [6, 6.07) is 57.3. The van der Waals surface area contributed by atoms with Crippen molar-refractivity contribution in [1.82, 2.24) is 18.9 Å². The number of hydrogen-bond donors (Lipinski definition) is 0. The van der Waals surface area contributed by atoms with Gasteiger partial charge in [0.1, 0.15) is 4.83 Å². The minimum Gasteiger partial charge on any atom is -0.308 e. The van der Waals surface area contributed by atoms with E-state index in [1.807, 2.05) is 0 Å². The van der Waals surface area contributed by atoms with Crippen LogP contribution in [0.4, 0.5) is 0 Å². The topological polar surface area (TPSA) is 35.1 Å². The number of aromatic nitrogens is 4. The second kappa shape index (κ2) is 9.94. The van der Waals surface area contributed by atoms with Gasteiger partial charge in [-0.15, -0.1) is 11.3 Å². The minimum absolute atomic E-state index is 0.685. The number of fused-ring (bicyclic) bond motifs is 16. The van der Waals surface area contributed by atoms with E-state index in [2.05, 4.69) is 167 Å². The molecule has 0 fully saturated rings. The zero-order chi connectivity index (χ0) is 34.4. The van der Waals surface area contributed by atoms with E-state index >= 15 is 0 Å². The van der Waals surface area contributed by atoms with Gasteiger partial charge in [-0.1, -0.05) is 121 Å². The van der Waals surface area contributed by atoms with Gasteiger partial charge < -0.3 is 4.40 Å². The van der Waals surface area contributed by atoms with Gasteiger partial charge in [0.2, 0.25) is 5.95 Å². The molecule has 0 saturated heterocycles. The standard InChI is InChI=1S/C48H26N4S/c1-2-13-29-25-30(22-21-27(29)11-1)45-43-34-17-7-10-20-40(34)53-47(43)50-48(49-45)52-37-19-9-6-16-33(37)42-39(52)26-35-32-15-5-8-18-36(32)51-38-24-23-28-12-3-4-14-31(28)41(38)44(42)46(35)51/h1-26H. The Balaban J connectivity index is 1.24. The molecule has 5 heteroatoms. The first kappa shape index (κ1) is 27.8. The van der Waals surface area contributed by atoms with Crippen LogP contribution in [-0.2, 0) is 0 Å². The Morgan fingerprint density at radius 3 is 1.98 bits per heavy atom. The third-order valence-corrected chi connectivity index (χ3v) is 12.5. The summed E-state index contributed by atoms with van der Waals surface area (Å²) in [5.41, 5.74) is 7.98. The van der Waals surface area contributed by atoms with Gasteiger partial charge in [0.25, 0.3) is 0 Å². The quantitative estimate of drug-likeness (QED) is 0.181. The Morgan fingerprint density at radius 2 is 1.09 bits per heavy atom. The summed E-state index contributed by atoms with van der Waals surface area (Å²) in [7, 11) is 0.